The average Bonchev–Trinajstić information content (AvgIpc) is 2.89. The summed E-state index contributed by atoms with van der Waals surface area (Å²) in [5.41, 5.74) is 0.931. The van der Waals surface area contributed by atoms with Gasteiger partial charge in [0.2, 0.25) is 11.7 Å². The van der Waals surface area contributed by atoms with Crippen molar-refractivity contribution in [3.05, 3.63) is 34.6 Å². The molecule has 1 aliphatic rings. The second-order valence-corrected chi connectivity index (χ2v) is 5.25. The summed E-state index contributed by atoms with van der Waals surface area (Å²) >= 11 is 3.48. The number of halogens is 1. The molecule has 100 valence electrons. The standard InChI is InChI=1S/C13H14BrN3O2/c14-11-4-2-1-3-10(11)13-16-12(19-17-13)7-9-8-15-5-6-18-9/h1-4,9,15H,5-8H2. The smallest absolute Gasteiger partial charge is 0.229 e. The van der Waals surface area contributed by atoms with Gasteiger partial charge in [0.1, 0.15) is 0 Å². The summed E-state index contributed by atoms with van der Waals surface area (Å²) in [7, 11) is 0. The third-order valence-corrected chi connectivity index (χ3v) is 3.68. The minimum atomic E-state index is 0.112. The van der Waals surface area contributed by atoms with E-state index in [-0.39, 0.29) is 6.10 Å². The number of rotatable bonds is 3. The van der Waals surface area contributed by atoms with Crippen molar-refractivity contribution in [2.24, 2.45) is 0 Å². The van der Waals surface area contributed by atoms with E-state index < -0.39 is 0 Å². The topological polar surface area (TPSA) is 60.2 Å². The molecule has 1 fully saturated rings. The summed E-state index contributed by atoms with van der Waals surface area (Å²) in [4.78, 5) is 4.42. The van der Waals surface area contributed by atoms with Crippen LogP contribution in [0.3, 0.4) is 0 Å². The first-order valence-electron chi connectivity index (χ1n) is 6.23. The Hall–Kier alpha value is -1.24. The maximum atomic E-state index is 5.62. The minimum absolute atomic E-state index is 0.112. The summed E-state index contributed by atoms with van der Waals surface area (Å²) in [6, 6.07) is 7.82. The van der Waals surface area contributed by atoms with Crippen LogP contribution in [0.15, 0.2) is 33.3 Å². The first-order chi connectivity index (χ1) is 9.33. The highest BCUT2D eigenvalue weighted by atomic mass is 79.9. The fourth-order valence-electron chi connectivity index (χ4n) is 2.04. The highest BCUT2D eigenvalue weighted by molar-refractivity contribution is 9.10. The van der Waals surface area contributed by atoms with Gasteiger partial charge >= 0.3 is 0 Å². The minimum Gasteiger partial charge on any atom is -0.375 e. The van der Waals surface area contributed by atoms with Gasteiger partial charge in [0.05, 0.1) is 19.1 Å². The zero-order valence-corrected chi connectivity index (χ0v) is 11.9. The third-order valence-electron chi connectivity index (χ3n) is 2.99. The fraction of sp³-hybridized carbons (Fsp3) is 0.385. The Labute approximate surface area is 119 Å². The Morgan fingerprint density at radius 2 is 2.26 bits per heavy atom. The summed E-state index contributed by atoms with van der Waals surface area (Å²) < 4.78 is 11.9. The number of hydrogen-bond donors (Lipinski definition) is 1. The van der Waals surface area contributed by atoms with Crippen LogP contribution in [-0.4, -0.2) is 35.9 Å². The van der Waals surface area contributed by atoms with Crippen LogP contribution in [0.25, 0.3) is 11.4 Å². The van der Waals surface area contributed by atoms with Crippen molar-refractivity contribution < 1.29 is 9.26 Å². The predicted molar refractivity (Wildman–Crippen MR) is 73.7 cm³/mol. The molecule has 1 atom stereocenters. The number of ether oxygens (including phenoxy) is 1. The van der Waals surface area contributed by atoms with E-state index in [9.17, 15) is 0 Å². The van der Waals surface area contributed by atoms with Gasteiger partial charge in [0.15, 0.2) is 0 Å². The highest BCUT2D eigenvalue weighted by Crippen LogP contribution is 2.25. The van der Waals surface area contributed by atoms with Crippen molar-refractivity contribution in [2.45, 2.75) is 12.5 Å². The van der Waals surface area contributed by atoms with E-state index in [0.29, 0.717) is 18.1 Å². The number of aromatic nitrogens is 2. The van der Waals surface area contributed by atoms with Crippen LogP contribution in [-0.2, 0) is 11.2 Å². The Morgan fingerprint density at radius 3 is 3.05 bits per heavy atom. The quantitative estimate of drug-likeness (QED) is 0.936. The number of nitrogens with one attached hydrogen (secondary N) is 1. The zero-order chi connectivity index (χ0) is 13.1. The molecule has 0 radical (unpaired) electrons. The van der Waals surface area contributed by atoms with Gasteiger partial charge in [-0.2, -0.15) is 4.98 Å². The van der Waals surface area contributed by atoms with E-state index in [1.807, 2.05) is 24.3 Å². The first kappa shape index (κ1) is 12.8. The van der Waals surface area contributed by atoms with E-state index in [1.54, 1.807) is 0 Å². The molecule has 0 amide bonds. The van der Waals surface area contributed by atoms with Gasteiger partial charge in [-0.25, -0.2) is 0 Å². The Kier molecular flexibility index (Phi) is 3.91. The summed E-state index contributed by atoms with van der Waals surface area (Å²) in [5.74, 6) is 1.21. The molecule has 1 aromatic carbocycles. The van der Waals surface area contributed by atoms with Gasteiger partial charge in [-0.1, -0.05) is 33.2 Å². The molecule has 0 bridgehead atoms. The Bertz CT molecular complexity index is 552. The molecule has 1 aliphatic heterocycles. The number of hydrogen-bond acceptors (Lipinski definition) is 5. The van der Waals surface area contributed by atoms with Gasteiger partial charge in [-0.3, -0.25) is 0 Å². The normalized spacial score (nSPS) is 19.5. The molecule has 0 spiro atoms. The van der Waals surface area contributed by atoms with E-state index in [2.05, 4.69) is 31.4 Å². The fourth-order valence-corrected chi connectivity index (χ4v) is 2.50. The van der Waals surface area contributed by atoms with Crippen LogP contribution in [0.1, 0.15) is 5.89 Å². The molecule has 1 N–H and O–H groups in total. The van der Waals surface area contributed by atoms with Crippen molar-refractivity contribution in [1.82, 2.24) is 15.5 Å². The maximum Gasteiger partial charge on any atom is 0.229 e. The van der Waals surface area contributed by atoms with Crippen molar-refractivity contribution >= 4 is 15.9 Å². The van der Waals surface area contributed by atoms with E-state index in [1.165, 1.54) is 0 Å². The lowest BCUT2D eigenvalue weighted by Crippen LogP contribution is -2.39. The second kappa shape index (κ2) is 5.81. The number of nitrogens with zero attached hydrogens (tertiary/aromatic N) is 2. The number of morpholine rings is 1. The van der Waals surface area contributed by atoms with Crippen molar-refractivity contribution in [3.63, 3.8) is 0 Å². The zero-order valence-electron chi connectivity index (χ0n) is 10.3. The van der Waals surface area contributed by atoms with Crippen LogP contribution in [0.5, 0.6) is 0 Å². The molecule has 1 unspecified atom stereocenters. The van der Waals surface area contributed by atoms with Gasteiger partial charge in [-0.05, 0) is 12.1 Å². The lowest BCUT2D eigenvalue weighted by atomic mass is 10.2. The van der Waals surface area contributed by atoms with E-state index >= 15 is 0 Å². The largest absolute Gasteiger partial charge is 0.375 e. The molecule has 2 aromatic rings. The lowest BCUT2D eigenvalue weighted by molar-refractivity contribution is 0.0246. The SMILES string of the molecule is Brc1ccccc1-c1noc(CC2CNCCO2)n1. The molecular weight excluding hydrogens is 310 g/mol. The van der Waals surface area contributed by atoms with Crippen LogP contribution in [0.4, 0.5) is 0 Å². The molecule has 3 rings (SSSR count). The Morgan fingerprint density at radius 1 is 1.37 bits per heavy atom. The van der Waals surface area contributed by atoms with E-state index in [0.717, 1.165) is 29.7 Å². The first-order valence-corrected chi connectivity index (χ1v) is 7.02. The molecule has 0 aliphatic carbocycles. The van der Waals surface area contributed by atoms with Gasteiger partial charge in [-0.15, -0.1) is 0 Å². The van der Waals surface area contributed by atoms with Crippen LogP contribution in [0.2, 0.25) is 0 Å². The van der Waals surface area contributed by atoms with Crippen molar-refractivity contribution in [3.8, 4) is 11.4 Å². The molecule has 6 heteroatoms. The average molecular weight is 324 g/mol. The van der Waals surface area contributed by atoms with Crippen LogP contribution < -0.4 is 5.32 Å². The lowest BCUT2D eigenvalue weighted by Gasteiger charge is -2.21. The van der Waals surface area contributed by atoms with Crippen LogP contribution in [0, 0.1) is 0 Å². The predicted octanol–water partition coefficient (Wildman–Crippen LogP) is 2.03. The number of benzene rings is 1. The summed E-state index contributed by atoms with van der Waals surface area (Å²) in [6.45, 7) is 2.46. The van der Waals surface area contributed by atoms with Crippen molar-refractivity contribution in [2.75, 3.05) is 19.7 Å². The summed E-state index contributed by atoms with van der Waals surface area (Å²) in [5, 5.41) is 7.30. The van der Waals surface area contributed by atoms with Gasteiger partial charge in [0.25, 0.3) is 0 Å². The molecule has 1 saturated heterocycles. The summed E-state index contributed by atoms with van der Waals surface area (Å²) in [6.07, 6.45) is 0.756. The van der Waals surface area contributed by atoms with Gasteiger partial charge < -0.3 is 14.6 Å². The maximum absolute atomic E-state index is 5.62. The molecule has 5 nitrogen and oxygen atoms in total. The second-order valence-electron chi connectivity index (χ2n) is 4.39. The van der Waals surface area contributed by atoms with Gasteiger partial charge in [0, 0.05) is 23.1 Å². The van der Waals surface area contributed by atoms with E-state index in [4.69, 9.17) is 9.26 Å². The molecule has 19 heavy (non-hydrogen) atoms. The Balaban J connectivity index is 1.74. The van der Waals surface area contributed by atoms with Crippen LogP contribution >= 0.6 is 15.9 Å². The third kappa shape index (κ3) is 3.02. The monoisotopic (exact) mass is 323 g/mol. The van der Waals surface area contributed by atoms with Crippen molar-refractivity contribution in [1.29, 1.82) is 0 Å². The molecular formula is C13H14BrN3O2. The highest BCUT2D eigenvalue weighted by Gasteiger charge is 2.18. The molecule has 1 aromatic heterocycles. The molecule has 2 heterocycles. The molecule has 0 saturated carbocycles.